The summed E-state index contributed by atoms with van der Waals surface area (Å²) in [5.74, 6) is 0.169. The standard InChI is InChI=1S/C18H23N3O2S2/c1-5-9-21-16(23)14-11-7-6-8-12(11)25-15(14)19-17(21)24-10-13(22)20-18(2,3)4/h5H,1,6-10H2,2-4H3,(H,20,22). The molecule has 0 fully saturated rings. The molecule has 7 heteroatoms. The van der Waals surface area contributed by atoms with Crippen molar-refractivity contribution in [2.45, 2.75) is 57.3 Å². The summed E-state index contributed by atoms with van der Waals surface area (Å²) >= 11 is 2.93. The molecule has 0 atom stereocenters. The van der Waals surface area contributed by atoms with E-state index < -0.39 is 0 Å². The van der Waals surface area contributed by atoms with Crippen LogP contribution in [-0.4, -0.2) is 26.8 Å². The molecular weight excluding hydrogens is 354 g/mol. The fourth-order valence-electron chi connectivity index (χ4n) is 3.04. The van der Waals surface area contributed by atoms with Crippen molar-refractivity contribution in [3.63, 3.8) is 0 Å². The Morgan fingerprint density at radius 3 is 2.88 bits per heavy atom. The van der Waals surface area contributed by atoms with Gasteiger partial charge in [-0.15, -0.1) is 17.9 Å². The van der Waals surface area contributed by atoms with Gasteiger partial charge in [0.25, 0.3) is 5.56 Å². The molecule has 0 spiro atoms. The van der Waals surface area contributed by atoms with Crippen molar-refractivity contribution < 1.29 is 4.79 Å². The number of thioether (sulfide) groups is 1. The maximum absolute atomic E-state index is 13.0. The van der Waals surface area contributed by atoms with Crippen LogP contribution in [0.4, 0.5) is 0 Å². The minimum atomic E-state index is -0.273. The molecule has 25 heavy (non-hydrogen) atoms. The van der Waals surface area contributed by atoms with Gasteiger partial charge in [0, 0.05) is 17.0 Å². The predicted octanol–water partition coefficient (Wildman–Crippen LogP) is 3.14. The van der Waals surface area contributed by atoms with Crippen molar-refractivity contribution in [3.8, 4) is 0 Å². The predicted molar refractivity (Wildman–Crippen MR) is 105 cm³/mol. The molecule has 1 N–H and O–H groups in total. The molecule has 1 amide bonds. The van der Waals surface area contributed by atoms with E-state index in [4.69, 9.17) is 4.98 Å². The number of amides is 1. The van der Waals surface area contributed by atoms with E-state index in [9.17, 15) is 9.59 Å². The molecule has 0 unspecified atom stereocenters. The van der Waals surface area contributed by atoms with Crippen molar-refractivity contribution in [2.24, 2.45) is 0 Å². The Hall–Kier alpha value is -1.60. The summed E-state index contributed by atoms with van der Waals surface area (Å²) in [7, 11) is 0. The first kappa shape index (κ1) is 18.2. The van der Waals surface area contributed by atoms with Crippen LogP contribution in [0.5, 0.6) is 0 Å². The third-order valence-corrected chi connectivity index (χ3v) is 6.11. The lowest BCUT2D eigenvalue weighted by atomic mass is 10.1. The molecule has 0 saturated carbocycles. The first-order valence-electron chi connectivity index (χ1n) is 8.40. The number of hydrogen-bond acceptors (Lipinski definition) is 5. The van der Waals surface area contributed by atoms with Gasteiger partial charge in [-0.25, -0.2) is 4.98 Å². The van der Waals surface area contributed by atoms with E-state index in [2.05, 4.69) is 11.9 Å². The second kappa shape index (κ2) is 6.96. The Labute approximate surface area is 155 Å². The Bertz CT molecular complexity index is 890. The van der Waals surface area contributed by atoms with E-state index in [1.807, 2.05) is 20.8 Å². The number of carbonyl (C=O) groups excluding carboxylic acids is 1. The highest BCUT2D eigenvalue weighted by Crippen LogP contribution is 2.35. The number of nitrogens with one attached hydrogen (secondary N) is 1. The summed E-state index contributed by atoms with van der Waals surface area (Å²) < 4.78 is 1.63. The summed E-state index contributed by atoms with van der Waals surface area (Å²) in [6.45, 7) is 9.98. The van der Waals surface area contributed by atoms with E-state index in [1.165, 1.54) is 22.2 Å². The van der Waals surface area contributed by atoms with E-state index in [-0.39, 0.29) is 22.8 Å². The Kier molecular flexibility index (Phi) is 5.06. The van der Waals surface area contributed by atoms with E-state index in [0.717, 1.165) is 29.5 Å². The number of allylic oxidation sites excluding steroid dienone is 1. The van der Waals surface area contributed by atoms with Gasteiger partial charge in [0.05, 0.1) is 11.1 Å². The van der Waals surface area contributed by atoms with Crippen LogP contribution >= 0.6 is 23.1 Å². The van der Waals surface area contributed by atoms with Gasteiger partial charge in [-0.3, -0.25) is 14.2 Å². The molecule has 0 bridgehead atoms. The molecule has 2 aromatic heterocycles. The minimum absolute atomic E-state index is 0.0111. The van der Waals surface area contributed by atoms with Crippen LogP contribution in [0.3, 0.4) is 0 Å². The molecular formula is C18H23N3O2S2. The number of aromatic nitrogens is 2. The van der Waals surface area contributed by atoms with Crippen LogP contribution in [0.15, 0.2) is 22.6 Å². The van der Waals surface area contributed by atoms with Crippen LogP contribution in [0.2, 0.25) is 0 Å². The summed E-state index contributed by atoms with van der Waals surface area (Å²) in [4.78, 5) is 31.9. The second-order valence-corrected chi connectivity index (χ2v) is 9.25. The molecule has 134 valence electrons. The number of rotatable bonds is 5. The summed E-state index contributed by atoms with van der Waals surface area (Å²) in [6, 6.07) is 0. The highest BCUT2D eigenvalue weighted by Gasteiger charge is 2.23. The molecule has 3 rings (SSSR count). The molecule has 0 aromatic carbocycles. The molecule has 2 heterocycles. The number of nitrogens with zero attached hydrogens (tertiary/aromatic N) is 2. The zero-order valence-electron chi connectivity index (χ0n) is 14.8. The van der Waals surface area contributed by atoms with E-state index in [0.29, 0.717) is 11.7 Å². The van der Waals surface area contributed by atoms with Gasteiger partial charge in [0.1, 0.15) is 4.83 Å². The quantitative estimate of drug-likeness (QED) is 0.494. The Balaban J connectivity index is 1.94. The summed E-state index contributed by atoms with van der Waals surface area (Å²) in [5.41, 5.74) is 0.894. The van der Waals surface area contributed by atoms with Gasteiger partial charge in [0.2, 0.25) is 5.91 Å². The van der Waals surface area contributed by atoms with Crippen LogP contribution < -0.4 is 10.9 Å². The van der Waals surface area contributed by atoms with Gasteiger partial charge in [0.15, 0.2) is 5.16 Å². The van der Waals surface area contributed by atoms with Gasteiger partial charge in [-0.05, 0) is 45.6 Å². The van der Waals surface area contributed by atoms with Gasteiger partial charge in [-0.2, -0.15) is 0 Å². The third kappa shape index (κ3) is 3.82. The molecule has 1 aliphatic rings. The van der Waals surface area contributed by atoms with E-state index in [1.54, 1.807) is 22.0 Å². The van der Waals surface area contributed by atoms with Crippen molar-refractivity contribution in [1.82, 2.24) is 14.9 Å². The lowest BCUT2D eigenvalue weighted by Gasteiger charge is -2.20. The second-order valence-electron chi connectivity index (χ2n) is 7.22. The number of aryl methyl sites for hydroxylation is 2. The summed E-state index contributed by atoms with van der Waals surface area (Å²) in [6.07, 6.45) is 4.80. The molecule has 5 nitrogen and oxygen atoms in total. The smallest absolute Gasteiger partial charge is 0.263 e. The fraction of sp³-hybridized carbons (Fsp3) is 0.500. The number of thiophene rings is 1. The van der Waals surface area contributed by atoms with Crippen molar-refractivity contribution in [2.75, 3.05) is 5.75 Å². The molecule has 0 radical (unpaired) electrons. The lowest BCUT2D eigenvalue weighted by Crippen LogP contribution is -2.41. The van der Waals surface area contributed by atoms with Crippen molar-refractivity contribution in [3.05, 3.63) is 33.4 Å². The normalized spacial score (nSPS) is 13.9. The van der Waals surface area contributed by atoms with Crippen LogP contribution in [0.1, 0.15) is 37.6 Å². The number of hydrogen-bond donors (Lipinski definition) is 1. The first-order valence-corrected chi connectivity index (χ1v) is 10.2. The molecule has 2 aromatic rings. The van der Waals surface area contributed by atoms with E-state index >= 15 is 0 Å². The van der Waals surface area contributed by atoms with Gasteiger partial charge < -0.3 is 5.32 Å². The Morgan fingerprint density at radius 1 is 1.44 bits per heavy atom. The SMILES string of the molecule is C=CCn1c(SCC(=O)NC(C)(C)C)nc2sc3c(c2c1=O)CCC3. The monoisotopic (exact) mass is 377 g/mol. The zero-order valence-corrected chi connectivity index (χ0v) is 16.5. The highest BCUT2D eigenvalue weighted by atomic mass is 32.2. The van der Waals surface area contributed by atoms with Crippen LogP contribution in [0.25, 0.3) is 10.2 Å². The van der Waals surface area contributed by atoms with Crippen LogP contribution in [0, 0.1) is 0 Å². The highest BCUT2D eigenvalue weighted by molar-refractivity contribution is 7.99. The number of carbonyl (C=O) groups is 1. The first-order chi connectivity index (χ1) is 11.8. The lowest BCUT2D eigenvalue weighted by molar-refractivity contribution is -0.119. The minimum Gasteiger partial charge on any atom is -0.351 e. The number of fused-ring (bicyclic) bond motifs is 3. The fourth-order valence-corrected chi connectivity index (χ4v) is 5.15. The largest absolute Gasteiger partial charge is 0.351 e. The maximum Gasteiger partial charge on any atom is 0.263 e. The molecule has 1 aliphatic carbocycles. The molecule has 0 aliphatic heterocycles. The van der Waals surface area contributed by atoms with Gasteiger partial charge in [-0.1, -0.05) is 17.8 Å². The Morgan fingerprint density at radius 2 is 2.20 bits per heavy atom. The summed E-state index contributed by atoms with van der Waals surface area (Å²) in [5, 5.41) is 4.28. The topological polar surface area (TPSA) is 64.0 Å². The molecule has 0 saturated heterocycles. The third-order valence-electron chi connectivity index (χ3n) is 3.95. The average Bonchev–Trinajstić information content (AvgIpc) is 3.07. The maximum atomic E-state index is 13.0. The zero-order chi connectivity index (χ0) is 18.2. The van der Waals surface area contributed by atoms with Crippen molar-refractivity contribution >= 4 is 39.2 Å². The van der Waals surface area contributed by atoms with Crippen LogP contribution in [-0.2, 0) is 24.2 Å². The van der Waals surface area contributed by atoms with Crippen molar-refractivity contribution in [1.29, 1.82) is 0 Å². The van der Waals surface area contributed by atoms with Gasteiger partial charge >= 0.3 is 0 Å². The average molecular weight is 378 g/mol.